The molecule has 1 aliphatic rings. The summed E-state index contributed by atoms with van der Waals surface area (Å²) in [5.41, 5.74) is 1.46. The molecule has 9 heteroatoms. The lowest BCUT2D eigenvalue weighted by Gasteiger charge is -2.34. The van der Waals surface area contributed by atoms with E-state index in [0.717, 1.165) is 0 Å². The van der Waals surface area contributed by atoms with Crippen LogP contribution in [-0.4, -0.2) is 54.7 Å². The van der Waals surface area contributed by atoms with Crippen LogP contribution < -0.4 is 4.90 Å². The molecule has 2 aromatic rings. The Labute approximate surface area is 158 Å². The summed E-state index contributed by atoms with van der Waals surface area (Å²) < 4.78 is 27.0. The summed E-state index contributed by atoms with van der Waals surface area (Å²) in [6, 6.07) is 9.58. The lowest BCUT2D eigenvalue weighted by atomic mass is 10.2. The summed E-state index contributed by atoms with van der Waals surface area (Å²) in [6.45, 7) is 4.66. The molecule has 1 fully saturated rings. The highest BCUT2D eigenvalue weighted by Gasteiger charge is 2.29. The fourth-order valence-electron chi connectivity index (χ4n) is 2.89. The molecular weight excluding hydrogens is 366 g/mol. The average Bonchev–Trinajstić information content (AvgIpc) is 2.67. The van der Waals surface area contributed by atoms with Gasteiger partial charge in [0.05, 0.1) is 4.90 Å². The molecule has 1 aliphatic heterocycles. The fraction of sp³-hybridized carbons (Fsp3) is 0.333. The van der Waals surface area contributed by atoms with Gasteiger partial charge in [0.1, 0.15) is 11.8 Å². The monoisotopic (exact) mass is 385 g/mol. The van der Waals surface area contributed by atoms with E-state index in [1.165, 1.54) is 35.5 Å². The Morgan fingerprint density at radius 2 is 1.74 bits per heavy atom. The number of aryl methyl sites for hydroxylation is 1. The Morgan fingerprint density at radius 1 is 1.11 bits per heavy atom. The van der Waals surface area contributed by atoms with E-state index in [1.54, 1.807) is 13.0 Å². The van der Waals surface area contributed by atoms with Gasteiger partial charge in [0, 0.05) is 37.4 Å². The van der Waals surface area contributed by atoms with Crippen LogP contribution in [0.1, 0.15) is 28.7 Å². The number of hydrogen-bond acceptors (Lipinski definition) is 7. The van der Waals surface area contributed by atoms with E-state index in [-0.39, 0.29) is 29.5 Å². The van der Waals surface area contributed by atoms with Crippen molar-refractivity contribution in [3.63, 3.8) is 0 Å². The predicted molar refractivity (Wildman–Crippen MR) is 98.9 cm³/mol. The van der Waals surface area contributed by atoms with Crippen LogP contribution in [0.2, 0.25) is 0 Å². The number of rotatable bonds is 4. The Kier molecular flexibility index (Phi) is 5.21. The molecule has 0 saturated carbocycles. The zero-order valence-corrected chi connectivity index (χ0v) is 15.9. The quantitative estimate of drug-likeness (QED) is 0.732. The Hall–Kier alpha value is -2.83. The van der Waals surface area contributed by atoms with Gasteiger partial charge in [0.25, 0.3) is 0 Å². The van der Waals surface area contributed by atoms with Crippen molar-refractivity contribution < 1.29 is 13.2 Å². The van der Waals surface area contributed by atoms with E-state index in [2.05, 4.69) is 9.97 Å². The number of anilines is 1. The Morgan fingerprint density at radius 3 is 2.30 bits per heavy atom. The van der Waals surface area contributed by atoms with Crippen LogP contribution in [0, 0.1) is 18.3 Å². The molecule has 0 spiro atoms. The summed E-state index contributed by atoms with van der Waals surface area (Å²) in [5, 5.41) is 9.05. The molecule has 27 heavy (non-hydrogen) atoms. The maximum absolute atomic E-state index is 12.8. The van der Waals surface area contributed by atoms with E-state index in [0.29, 0.717) is 30.3 Å². The third kappa shape index (κ3) is 3.97. The number of benzene rings is 1. The fourth-order valence-corrected chi connectivity index (χ4v) is 4.31. The smallest absolute Gasteiger partial charge is 0.243 e. The van der Waals surface area contributed by atoms with Crippen LogP contribution in [0.15, 0.2) is 35.2 Å². The molecule has 0 radical (unpaired) electrons. The minimum atomic E-state index is -3.63. The number of aromatic nitrogens is 2. The molecule has 0 aliphatic carbocycles. The molecule has 0 unspecified atom stereocenters. The molecule has 140 valence electrons. The second kappa shape index (κ2) is 7.42. The van der Waals surface area contributed by atoms with Gasteiger partial charge in [0.2, 0.25) is 16.0 Å². The number of nitriles is 1. The molecule has 0 amide bonds. The maximum Gasteiger partial charge on any atom is 0.243 e. The number of sulfonamides is 1. The third-order valence-electron chi connectivity index (χ3n) is 4.38. The second-order valence-electron chi connectivity index (χ2n) is 6.28. The summed E-state index contributed by atoms with van der Waals surface area (Å²) in [6.07, 6.45) is 0. The average molecular weight is 385 g/mol. The van der Waals surface area contributed by atoms with Crippen molar-refractivity contribution in [3.8, 4) is 6.07 Å². The normalized spacial score (nSPS) is 15.4. The molecule has 8 nitrogen and oxygen atoms in total. The lowest BCUT2D eigenvalue weighted by Crippen LogP contribution is -2.49. The van der Waals surface area contributed by atoms with E-state index < -0.39 is 10.0 Å². The molecule has 3 rings (SSSR count). The van der Waals surface area contributed by atoms with Crippen LogP contribution in [0.4, 0.5) is 5.95 Å². The van der Waals surface area contributed by atoms with Crippen molar-refractivity contribution in [2.45, 2.75) is 18.7 Å². The van der Waals surface area contributed by atoms with Gasteiger partial charge in [-0.25, -0.2) is 18.4 Å². The SMILES string of the molecule is CC(=O)c1ccc(S(=O)(=O)N2CCN(c3nc(C)cc(C#N)n3)CC2)cc1. The van der Waals surface area contributed by atoms with Gasteiger partial charge in [-0.15, -0.1) is 0 Å². The second-order valence-corrected chi connectivity index (χ2v) is 8.22. The first-order chi connectivity index (χ1) is 12.8. The largest absolute Gasteiger partial charge is 0.338 e. The van der Waals surface area contributed by atoms with E-state index >= 15 is 0 Å². The van der Waals surface area contributed by atoms with Gasteiger partial charge in [-0.2, -0.15) is 9.57 Å². The van der Waals surface area contributed by atoms with Crippen molar-refractivity contribution in [1.29, 1.82) is 5.26 Å². The minimum Gasteiger partial charge on any atom is -0.338 e. The molecule has 1 saturated heterocycles. The summed E-state index contributed by atoms with van der Waals surface area (Å²) in [7, 11) is -3.63. The topological polar surface area (TPSA) is 107 Å². The molecule has 1 aromatic heterocycles. The lowest BCUT2D eigenvalue weighted by molar-refractivity contribution is 0.101. The Balaban J connectivity index is 1.74. The highest BCUT2D eigenvalue weighted by molar-refractivity contribution is 7.89. The Bertz CT molecular complexity index is 1000. The highest BCUT2D eigenvalue weighted by Crippen LogP contribution is 2.20. The van der Waals surface area contributed by atoms with Crippen LogP contribution >= 0.6 is 0 Å². The van der Waals surface area contributed by atoms with Crippen LogP contribution in [0.25, 0.3) is 0 Å². The molecule has 0 bridgehead atoms. The van der Waals surface area contributed by atoms with Crippen molar-refractivity contribution in [2.75, 3.05) is 31.1 Å². The van der Waals surface area contributed by atoms with Gasteiger partial charge in [-0.3, -0.25) is 4.79 Å². The van der Waals surface area contributed by atoms with E-state index in [4.69, 9.17) is 5.26 Å². The first kappa shape index (κ1) is 18.9. The van der Waals surface area contributed by atoms with Crippen molar-refractivity contribution in [2.24, 2.45) is 0 Å². The van der Waals surface area contributed by atoms with Crippen molar-refractivity contribution in [3.05, 3.63) is 47.3 Å². The first-order valence-corrected chi connectivity index (χ1v) is 9.87. The number of ketones is 1. The van der Waals surface area contributed by atoms with Crippen LogP contribution in [0.3, 0.4) is 0 Å². The number of carbonyl (C=O) groups excluding carboxylic acids is 1. The van der Waals surface area contributed by atoms with Gasteiger partial charge in [-0.05, 0) is 32.0 Å². The van der Waals surface area contributed by atoms with Crippen molar-refractivity contribution >= 4 is 21.8 Å². The zero-order valence-electron chi connectivity index (χ0n) is 15.1. The highest BCUT2D eigenvalue weighted by atomic mass is 32.2. The maximum atomic E-state index is 12.8. The molecule has 2 heterocycles. The molecular formula is C18H19N5O3S. The van der Waals surface area contributed by atoms with Gasteiger partial charge >= 0.3 is 0 Å². The molecule has 1 aromatic carbocycles. The predicted octanol–water partition coefficient (Wildman–Crippen LogP) is 1.37. The van der Waals surface area contributed by atoms with Gasteiger partial charge < -0.3 is 4.90 Å². The summed E-state index contributed by atoms with van der Waals surface area (Å²) in [5.74, 6) is 0.330. The van der Waals surface area contributed by atoms with Crippen molar-refractivity contribution in [1.82, 2.24) is 14.3 Å². The standard InChI is InChI=1S/C18H19N5O3S/c1-13-11-16(12-19)21-18(20-13)22-7-9-23(10-8-22)27(25,26)17-5-3-15(4-6-17)14(2)24/h3-6,11H,7-10H2,1-2H3. The minimum absolute atomic E-state index is 0.109. The first-order valence-electron chi connectivity index (χ1n) is 8.43. The number of piperazine rings is 1. The van der Waals surface area contributed by atoms with E-state index in [1.807, 2.05) is 11.0 Å². The van der Waals surface area contributed by atoms with Gasteiger partial charge in [0.15, 0.2) is 5.78 Å². The summed E-state index contributed by atoms with van der Waals surface area (Å²) >= 11 is 0. The third-order valence-corrected chi connectivity index (χ3v) is 6.29. The van der Waals surface area contributed by atoms with Crippen LogP contribution in [0.5, 0.6) is 0 Å². The number of hydrogen-bond donors (Lipinski definition) is 0. The zero-order chi connectivity index (χ0) is 19.6. The molecule has 0 atom stereocenters. The summed E-state index contributed by atoms with van der Waals surface area (Å²) in [4.78, 5) is 21.9. The van der Waals surface area contributed by atoms with Gasteiger partial charge in [-0.1, -0.05) is 12.1 Å². The molecule has 0 N–H and O–H groups in total. The van der Waals surface area contributed by atoms with Crippen LogP contribution in [-0.2, 0) is 10.0 Å². The number of Topliss-reactive ketones (excluding diaryl/α,β-unsaturated/α-hetero) is 1. The number of nitrogens with zero attached hydrogens (tertiary/aromatic N) is 5. The van der Waals surface area contributed by atoms with E-state index in [9.17, 15) is 13.2 Å². The number of carbonyl (C=O) groups is 1.